The van der Waals surface area contributed by atoms with Gasteiger partial charge in [-0.3, -0.25) is 14.6 Å². The Bertz CT molecular complexity index is 921. The minimum Gasteiger partial charge on any atom is -0.283 e. The molecule has 24 heavy (non-hydrogen) atoms. The predicted molar refractivity (Wildman–Crippen MR) is 98.8 cm³/mol. The minimum absolute atomic E-state index is 0.304. The lowest BCUT2D eigenvalue weighted by molar-refractivity contribution is 0.972. The molecule has 1 aliphatic rings. The quantitative estimate of drug-likeness (QED) is 0.529. The number of para-hydroxylation sites is 2. The van der Waals surface area contributed by atoms with Gasteiger partial charge in [0, 0.05) is 12.1 Å². The molecule has 1 aromatic heterocycles. The van der Waals surface area contributed by atoms with Crippen LogP contribution in [-0.4, -0.2) is 28.1 Å². The number of rotatable bonds is 4. The van der Waals surface area contributed by atoms with Crippen molar-refractivity contribution in [2.75, 3.05) is 0 Å². The van der Waals surface area contributed by atoms with Crippen LogP contribution in [0.15, 0.2) is 83.2 Å². The van der Waals surface area contributed by atoms with Gasteiger partial charge in [0.05, 0.1) is 17.1 Å². The molecule has 4 heteroatoms. The topological polar surface area (TPSA) is 42.5 Å². The van der Waals surface area contributed by atoms with Gasteiger partial charge in [0.15, 0.2) is 0 Å². The lowest BCUT2D eigenvalue weighted by atomic mass is 10.1. The highest BCUT2D eigenvalue weighted by Crippen LogP contribution is 2.43. The molecule has 2 atom stereocenters. The van der Waals surface area contributed by atoms with Gasteiger partial charge in [-0.25, -0.2) is 4.98 Å². The van der Waals surface area contributed by atoms with Gasteiger partial charge in [0.2, 0.25) is 0 Å². The number of aliphatic imine (C=N–C) groups is 2. The number of hydrogen-bond acceptors (Lipinski definition) is 3. The van der Waals surface area contributed by atoms with Crippen molar-refractivity contribution in [2.24, 2.45) is 9.98 Å². The van der Waals surface area contributed by atoms with E-state index in [1.165, 1.54) is 5.56 Å². The monoisotopic (exact) mass is 314 g/mol. The van der Waals surface area contributed by atoms with Gasteiger partial charge in [0.25, 0.3) is 0 Å². The Labute approximate surface area is 140 Å². The Morgan fingerprint density at radius 2 is 1.92 bits per heavy atom. The number of nitrogens with zero attached hydrogens (tertiary/aromatic N) is 4. The third-order valence-electron chi connectivity index (χ3n) is 4.31. The fraction of sp³-hybridized carbons (Fsp3) is 0.150. The second kappa shape index (κ2) is 6.24. The first-order chi connectivity index (χ1) is 11.9. The molecule has 0 spiro atoms. The van der Waals surface area contributed by atoms with Crippen molar-refractivity contribution >= 4 is 23.6 Å². The molecule has 1 aliphatic carbocycles. The van der Waals surface area contributed by atoms with Gasteiger partial charge in [0.1, 0.15) is 12.2 Å². The highest BCUT2D eigenvalue weighted by Gasteiger charge is 2.38. The summed E-state index contributed by atoms with van der Waals surface area (Å²) in [6.45, 7) is 3.52. The Kier molecular flexibility index (Phi) is 3.79. The first-order valence-corrected chi connectivity index (χ1v) is 8.04. The smallest absolute Gasteiger partial charge is 0.135 e. The second-order valence-corrected chi connectivity index (χ2v) is 5.91. The summed E-state index contributed by atoms with van der Waals surface area (Å²) in [4.78, 5) is 13.2. The minimum atomic E-state index is 0.304. The zero-order chi connectivity index (χ0) is 16.4. The van der Waals surface area contributed by atoms with E-state index in [-0.39, 0.29) is 0 Å². The molecule has 0 bridgehead atoms. The Balaban J connectivity index is 1.68. The van der Waals surface area contributed by atoms with E-state index in [0.29, 0.717) is 12.0 Å². The van der Waals surface area contributed by atoms with Gasteiger partial charge in [-0.1, -0.05) is 42.5 Å². The lowest BCUT2D eigenvalue weighted by Gasteiger charge is -2.05. The van der Waals surface area contributed by atoms with Crippen molar-refractivity contribution in [1.29, 1.82) is 0 Å². The van der Waals surface area contributed by atoms with Crippen molar-refractivity contribution < 1.29 is 0 Å². The number of fused-ring (bicyclic) bond motifs is 1. The summed E-state index contributed by atoms with van der Waals surface area (Å²) in [5.74, 6) is 1.35. The van der Waals surface area contributed by atoms with E-state index in [1.807, 2.05) is 41.2 Å². The zero-order valence-electron chi connectivity index (χ0n) is 13.3. The zero-order valence-corrected chi connectivity index (χ0v) is 13.3. The summed E-state index contributed by atoms with van der Waals surface area (Å²) in [7, 11) is 0. The Morgan fingerprint density at radius 3 is 2.75 bits per heavy atom. The summed E-state index contributed by atoms with van der Waals surface area (Å²) in [5.41, 5.74) is 3.36. The van der Waals surface area contributed by atoms with E-state index in [2.05, 4.69) is 47.0 Å². The normalized spacial score (nSPS) is 20.6. The van der Waals surface area contributed by atoms with Crippen LogP contribution >= 0.6 is 0 Å². The first kappa shape index (κ1) is 14.6. The average Bonchev–Trinajstić information content (AvgIpc) is 3.28. The first-order valence-electron chi connectivity index (χ1n) is 8.04. The van der Waals surface area contributed by atoms with E-state index in [1.54, 1.807) is 6.20 Å². The molecule has 0 saturated heterocycles. The van der Waals surface area contributed by atoms with Gasteiger partial charge < -0.3 is 0 Å². The number of imidazole rings is 1. The van der Waals surface area contributed by atoms with Gasteiger partial charge in [-0.2, -0.15) is 0 Å². The highest BCUT2D eigenvalue weighted by atomic mass is 15.1. The molecule has 4 nitrogen and oxygen atoms in total. The number of benzene rings is 2. The van der Waals surface area contributed by atoms with E-state index in [4.69, 9.17) is 4.99 Å². The molecular formula is C20H18N4. The highest BCUT2D eigenvalue weighted by molar-refractivity contribution is 6.00. The Hall–Kier alpha value is -3.01. The maximum Gasteiger partial charge on any atom is 0.135 e. The van der Waals surface area contributed by atoms with Crippen LogP contribution in [0.5, 0.6) is 0 Å². The molecule has 0 N–H and O–H groups in total. The van der Waals surface area contributed by atoms with Crippen LogP contribution in [0, 0.1) is 0 Å². The molecule has 118 valence electrons. The molecule has 1 fully saturated rings. The summed E-state index contributed by atoms with van der Waals surface area (Å²) < 4.78 is 2.01. The summed E-state index contributed by atoms with van der Waals surface area (Å²) in [6.07, 6.45) is 6.46. The van der Waals surface area contributed by atoms with Crippen LogP contribution in [0.2, 0.25) is 0 Å². The van der Waals surface area contributed by atoms with Crippen LogP contribution in [0.4, 0.5) is 0 Å². The van der Waals surface area contributed by atoms with Crippen LogP contribution < -0.4 is 0 Å². The van der Waals surface area contributed by atoms with Crippen LogP contribution in [0.1, 0.15) is 17.9 Å². The van der Waals surface area contributed by atoms with Crippen molar-refractivity contribution in [3.63, 3.8) is 0 Å². The summed E-state index contributed by atoms with van der Waals surface area (Å²) in [6, 6.07) is 18.9. The largest absolute Gasteiger partial charge is 0.283 e. The fourth-order valence-corrected chi connectivity index (χ4v) is 3.00. The molecule has 3 aromatic rings. The maximum atomic E-state index is 4.94. The standard InChI is InChI=1S/C20H18N4/c1-21-12-11-20(24-14-22-17-9-5-6-10-19(17)24)23-18-13-16(18)15-7-3-2-4-8-15/h2-12,14,16,18H,1,13H2/b12-11-,23-20+. The molecule has 0 radical (unpaired) electrons. The molecule has 2 unspecified atom stereocenters. The van der Waals surface area contributed by atoms with Crippen LogP contribution in [0.3, 0.4) is 0 Å². The summed E-state index contributed by atoms with van der Waals surface area (Å²) in [5, 5.41) is 0. The van der Waals surface area contributed by atoms with Gasteiger partial charge >= 0.3 is 0 Å². The van der Waals surface area contributed by atoms with E-state index in [9.17, 15) is 0 Å². The van der Waals surface area contributed by atoms with E-state index in [0.717, 1.165) is 23.3 Å². The summed E-state index contributed by atoms with van der Waals surface area (Å²) >= 11 is 0. The number of hydrogen-bond donors (Lipinski definition) is 0. The molecule has 1 heterocycles. The second-order valence-electron chi connectivity index (χ2n) is 5.91. The van der Waals surface area contributed by atoms with E-state index >= 15 is 0 Å². The van der Waals surface area contributed by atoms with Crippen molar-refractivity contribution in [3.05, 3.63) is 78.8 Å². The van der Waals surface area contributed by atoms with Gasteiger partial charge in [-0.05, 0) is 36.9 Å². The molecular weight excluding hydrogens is 296 g/mol. The van der Waals surface area contributed by atoms with Crippen molar-refractivity contribution in [2.45, 2.75) is 18.4 Å². The fourth-order valence-electron chi connectivity index (χ4n) is 3.00. The Morgan fingerprint density at radius 1 is 1.12 bits per heavy atom. The third-order valence-corrected chi connectivity index (χ3v) is 4.31. The molecule has 4 rings (SSSR count). The number of allylic oxidation sites excluding steroid dienone is 1. The number of aromatic nitrogens is 2. The third kappa shape index (κ3) is 2.78. The van der Waals surface area contributed by atoms with Crippen molar-refractivity contribution in [3.8, 4) is 0 Å². The average molecular weight is 314 g/mol. The molecule has 0 aliphatic heterocycles. The maximum absolute atomic E-state index is 4.94. The van der Waals surface area contributed by atoms with Crippen LogP contribution in [-0.2, 0) is 0 Å². The van der Waals surface area contributed by atoms with Crippen LogP contribution in [0.25, 0.3) is 11.0 Å². The van der Waals surface area contributed by atoms with Crippen molar-refractivity contribution in [1.82, 2.24) is 9.55 Å². The molecule has 2 aromatic carbocycles. The van der Waals surface area contributed by atoms with Gasteiger partial charge in [-0.15, -0.1) is 0 Å². The molecule has 0 amide bonds. The predicted octanol–water partition coefficient (Wildman–Crippen LogP) is 4.05. The lowest BCUT2D eigenvalue weighted by Crippen LogP contribution is -2.09. The van der Waals surface area contributed by atoms with E-state index < -0.39 is 0 Å². The SMILES string of the molecule is C=N/C=C\C(=N/C1CC1c1ccccc1)n1cnc2ccccc21. The molecule has 1 saturated carbocycles.